The van der Waals surface area contributed by atoms with Crippen molar-refractivity contribution in [2.45, 2.75) is 18.8 Å². The number of piperazine rings is 1. The van der Waals surface area contributed by atoms with E-state index in [0.717, 1.165) is 31.9 Å². The number of halogens is 3. The van der Waals surface area contributed by atoms with Gasteiger partial charge in [-0.3, -0.25) is 9.88 Å². The molecule has 0 aliphatic carbocycles. The van der Waals surface area contributed by atoms with E-state index in [9.17, 15) is 13.2 Å². The molecule has 1 aromatic rings. The molecule has 1 atom stereocenters. The van der Waals surface area contributed by atoms with Crippen LogP contribution in [-0.4, -0.2) is 42.2 Å². The van der Waals surface area contributed by atoms with Gasteiger partial charge in [-0.15, -0.1) is 0 Å². The highest BCUT2D eigenvalue weighted by Gasteiger charge is 2.34. The molecule has 0 unspecified atom stereocenters. The minimum Gasteiger partial charge on any atom is -0.490 e. The summed E-state index contributed by atoms with van der Waals surface area (Å²) in [5, 5.41) is 3.25. The Labute approximate surface area is 108 Å². The normalized spacial score (nSPS) is 24.1. The predicted octanol–water partition coefficient (Wildman–Crippen LogP) is 1.27. The summed E-state index contributed by atoms with van der Waals surface area (Å²) in [6.07, 6.45) is -3.50. The lowest BCUT2D eigenvalue weighted by molar-refractivity contribution is -0.138. The highest BCUT2D eigenvalue weighted by atomic mass is 19.4. The standard InChI is InChI=1S/C12H14F3N3O/c13-12(14,15)8-3-11-10(17-4-8)6-18-2-1-16-5-9(18)7-19-11/h3-4,9,16H,1-2,5-7H2/t9-/m1/s1. The van der Waals surface area contributed by atoms with Crippen LogP contribution in [-0.2, 0) is 12.7 Å². The maximum Gasteiger partial charge on any atom is 0.418 e. The largest absolute Gasteiger partial charge is 0.490 e. The number of nitrogens with one attached hydrogen (secondary N) is 1. The summed E-state index contributed by atoms with van der Waals surface area (Å²) in [5.74, 6) is 0.254. The summed E-state index contributed by atoms with van der Waals surface area (Å²) in [6, 6.07) is 1.24. The van der Waals surface area contributed by atoms with Gasteiger partial charge in [-0.2, -0.15) is 13.2 Å². The highest BCUT2D eigenvalue weighted by Crippen LogP contribution is 2.33. The van der Waals surface area contributed by atoms with Gasteiger partial charge in [0.15, 0.2) is 0 Å². The second-order valence-corrected chi connectivity index (χ2v) is 4.81. The van der Waals surface area contributed by atoms with E-state index in [2.05, 4.69) is 15.2 Å². The van der Waals surface area contributed by atoms with Crippen LogP contribution >= 0.6 is 0 Å². The molecule has 104 valence electrons. The molecule has 0 spiro atoms. The molecule has 0 aromatic carbocycles. The number of hydrogen-bond acceptors (Lipinski definition) is 4. The summed E-state index contributed by atoms with van der Waals surface area (Å²) in [4.78, 5) is 6.13. The van der Waals surface area contributed by atoms with Crippen LogP contribution in [0, 0.1) is 0 Å². The molecular weight excluding hydrogens is 259 g/mol. The van der Waals surface area contributed by atoms with E-state index in [1.807, 2.05) is 0 Å². The van der Waals surface area contributed by atoms with Crippen LogP contribution in [0.25, 0.3) is 0 Å². The Kier molecular flexibility index (Phi) is 3.10. The zero-order chi connectivity index (χ0) is 13.5. The topological polar surface area (TPSA) is 37.4 Å². The first-order valence-corrected chi connectivity index (χ1v) is 6.18. The van der Waals surface area contributed by atoms with Crippen molar-refractivity contribution in [2.24, 2.45) is 0 Å². The average molecular weight is 273 g/mol. The lowest BCUT2D eigenvalue weighted by atomic mass is 10.2. The Hall–Kier alpha value is -1.34. The Morgan fingerprint density at radius 1 is 1.42 bits per heavy atom. The summed E-state index contributed by atoms with van der Waals surface area (Å²) in [6.45, 7) is 3.46. The number of rotatable bonds is 0. The molecule has 0 bridgehead atoms. The second kappa shape index (κ2) is 4.64. The first-order chi connectivity index (χ1) is 9.04. The van der Waals surface area contributed by atoms with Gasteiger partial charge in [0.05, 0.1) is 17.3 Å². The van der Waals surface area contributed by atoms with Crippen molar-refractivity contribution in [3.8, 4) is 5.75 Å². The fourth-order valence-electron chi connectivity index (χ4n) is 2.43. The Morgan fingerprint density at radius 3 is 3.05 bits per heavy atom. The predicted molar refractivity (Wildman–Crippen MR) is 61.8 cm³/mol. The van der Waals surface area contributed by atoms with E-state index < -0.39 is 11.7 Å². The van der Waals surface area contributed by atoms with Gasteiger partial charge in [-0.05, 0) is 6.07 Å². The van der Waals surface area contributed by atoms with Crippen LogP contribution < -0.4 is 10.1 Å². The number of pyridine rings is 1. The van der Waals surface area contributed by atoms with E-state index in [1.54, 1.807) is 0 Å². The molecule has 19 heavy (non-hydrogen) atoms. The molecule has 0 radical (unpaired) electrons. The zero-order valence-corrected chi connectivity index (χ0v) is 10.2. The molecule has 1 fully saturated rings. The zero-order valence-electron chi connectivity index (χ0n) is 10.2. The molecule has 4 nitrogen and oxygen atoms in total. The molecule has 0 saturated carbocycles. The second-order valence-electron chi connectivity index (χ2n) is 4.81. The van der Waals surface area contributed by atoms with Gasteiger partial charge in [0.2, 0.25) is 0 Å². The molecule has 1 saturated heterocycles. The van der Waals surface area contributed by atoms with Crippen LogP contribution in [0.5, 0.6) is 5.75 Å². The molecule has 0 amide bonds. The monoisotopic (exact) mass is 273 g/mol. The Bertz CT molecular complexity index is 478. The van der Waals surface area contributed by atoms with Crippen molar-refractivity contribution in [3.63, 3.8) is 0 Å². The van der Waals surface area contributed by atoms with Crippen molar-refractivity contribution >= 4 is 0 Å². The lowest BCUT2D eigenvalue weighted by Crippen LogP contribution is -2.52. The first-order valence-electron chi connectivity index (χ1n) is 6.18. The van der Waals surface area contributed by atoms with Crippen LogP contribution in [0.1, 0.15) is 11.3 Å². The van der Waals surface area contributed by atoms with Gasteiger partial charge >= 0.3 is 6.18 Å². The van der Waals surface area contributed by atoms with Gasteiger partial charge in [0.1, 0.15) is 12.4 Å². The first kappa shape index (κ1) is 12.7. The third-order valence-corrected chi connectivity index (χ3v) is 3.51. The maximum absolute atomic E-state index is 12.6. The Morgan fingerprint density at radius 2 is 2.26 bits per heavy atom. The Balaban J connectivity index is 1.89. The molecular formula is C12H14F3N3O. The fraction of sp³-hybridized carbons (Fsp3) is 0.583. The number of aromatic nitrogens is 1. The molecule has 3 heterocycles. The minimum absolute atomic E-state index is 0.192. The molecule has 7 heteroatoms. The maximum atomic E-state index is 12.6. The smallest absolute Gasteiger partial charge is 0.418 e. The van der Waals surface area contributed by atoms with Gasteiger partial charge < -0.3 is 10.1 Å². The quantitative estimate of drug-likeness (QED) is 0.772. The van der Waals surface area contributed by atoms with Gasteiger partial charge in [-0.25, -0.2) is 0 Å². The number of hydrogen-bond donors (Lipinski definition) is 1. The number of nitrogens with zero attached hydrogens (tertiary/aromatic N) is 2. The number of alkyl halides is 3. The van der Waals surface area contributed by atoms with Crippen LogP contribution in [0.4, 0.5) is 13.2 Å². The van der Waals surface area contributed by atoms with Crippen molar-refractivity contribution < 1.29 is 17.9 Å². The molecule has 1 aromatic heterocycles. The minimum atomic E-state index is -4.38. The van der Waals surface area contributed by atoms with Crippen LogP contribution in [0.2, 0.25) is 0 Å². The lowest BCUT2D eigenvalue weighted by Gasteiger charge is -2.33. The molecule has 3 rings (SSSR count). The highest BCUT2D eigenvalue weighted by molar-refractivity contribution is 5.33. The van der Waals surface area contributed by atoms with E-state index in [0.29, 0.717) is 18.8 Å². The van der Waals surface area contributed by atoms with E-state index in [4.69, 9.17) is 4.74 Å². The summed E-state index contributed by atoms with van der Waals surface area (Å²) < 4.78 is 43.4. The number of fused-ring (bicyclic) bond motifs is 2. The summed E-state index contributed by atoms with van der Waals surface area (Å²) in [5.41, 5.74) is -0.179. The summed E-state index contributed by atoms with van der Waals surface area (Å²) in [7, 11) is 0. The fourth-order valence-corrected chi connectivity index (χ4v) is 2.43. The van der Waals surface area contributed by atoms with Crippen molar-refractivity contribution in [2.75, 3.05) is 26.2 Å². The van der Waals surface area contributed by atoms with E-state index in [-0.39, 0.29) is 11.8 Å². The summed E-state index contributed by atoms with van der Waals surface area (Å²) >= 11 is 0. The van der Waals surface area contributed by atoms with Crippen LogP contribution in [0.15, 0.2) is 12.3 Å². The van der Waals surface area contributed by atoms with Gasteiger partial charge in [-0.1, -0.05) is 0 Å². The average Bonchev–Trinajstić information content (AvgIpc) is 2.55. The van der Waals surface area contributed by atoms with Crippen molar-refractivity contribution in [3.05, 3.63) is 23.5 Å². The molecule has 2 aliphatic rings. The molecule has 2 aliphatic heterocycles. The number of ether oxygens (including phenoxy) is 1. The van der Waals surface area contributed by atoms with Crippen molar-refractivity contribution in [1.29, 1.82) is 0 Å². The molecule has 1 N–H and O–H groups in total. The van der Waals surface area contributed by atoms with E-state index >= 15 is 0 Å². The SMILES string of the molecule is FC(F)(F)c1cnc2c(c1)OC[C@H]1CNCCN1C2. The van der Waals surface area contributed by atoms with Crippen molar-refractivity contribution in [1.82, 2.24) is 15.2 Å². The van der Waals surface area contributed by atoms with E-state index in [1.165, 1.54) is 0 Å². The van der Waals surface area contributed by atoms with Gasteiger partial charge in [0.25, 0.3) is 0 Å². The third kappa shape index (κ3) is 2.52. The van der Waals surface area contributed by atoms with Crippen LogP contribution in [0.3, 0.4) is 0 Å². The van der Waals surface area contributed by atoms with Gasteiger partial charge in [0, 0.05) is 32.4 Å². The third-order valence-electron chi connectivity index (χ3n) is 3.51.